The van der Waals surface area contributed by atoms with E-state index in [1.807, 2.05) is 0 Å². The number of ketones is 1. The van der Waals surface area contributed by atoms with Crippen LogP contribution in [0.1, 0.15) is 110 Å². The number of rotatable bonds is 17. The van der Waals surface area contributed by atoms with Crippen LogP contribution in [0.3, 0.4) is 0 Å². The molecule has 0 atom stereocenters. The van der Waals surface area contributed by atoms with Gasteiger partial charge in [0.2, 0.25) is 0 Å². The molecule has 0 radical (unpaired) electrons. The summed E-state index contributed by atoms with van der Waals surface area (Å²) in [5, 5.41) is 0. The molecule has 0 heterocycles. The lowest BCUT2D eigenvalue weighted by molar-refractivity contribution is -0.140. The van der Waals surface area contributed by atoms with Crippen molar-refractivity contribution in [2.75, 3.05) is 7.11 Å². The molecule has 0 amide bonds. The zero-order valence-electron chi connectivity index (χ0n) is 15.5. The van der Waals surface area contributed by atoms with Gasteiger partial charge in [-0.3, -0.25) is 9.59 Å². The molecule has 0 bridgehead atoms. The standard InChI is InChI=1S/C20H38O3/c1-3-4-13-16-19(21)17-14-11-9-7-5-6-8-10-12-15-18-20(22)23-2/h3-18H2,1-2H3. The lowest BCUT2D eigenvalue weighted by atomic mass is 10.0. The number of ether oxygens (including phenoxy) is 1. The molecule has 0 rings (SSSR count). The van der Waals surface area contributed by atoms with Crippen LogP contribution in [0.2, 0.25) is 0 Å². The number of hydrogen-bond donors (Lipinski definition) is 0. The zero-order chi connectivity index (χ0) is 17.2. The lowest BCUT2D eigenvalue weighted by Crippen LogP contribution is -1.99. The van der Waals surface area contributed by atoms with Crippen molar-refractivity contribution in [3.63, 3.8) is 0 Å². The number of hydrogen-bond acceptors (Lipinski definition) is 3. The third kappa shape index (κ3) is 17.3. The van der Waals surface area contributed by atoms with Gasteiger partial charge < -0.3 is 4.74 Å². The molecule has 0 spiro atoms. The minimum Gasteiger partial charge on any atom is -0.469 e. The highest BCUT2D eigenvalue weighted by Gasteiger charge is 2.01. The van der Waals surface area contributed by atoms with Gasteiger partial charge in [-0.15, -0.1) is 0 Å². The summed E-state index contributed by atoms with van der Waals surface area (Å²) in [5.41, 5.74) is 0. The highest BCUT2D eigenvalue weighted by molar-refractivity contribution is 5.78. The van der Waals surface area contributed by atoms with Gasteiger partial charge in [0.25, 0.3) is 0 Å². The van der Waals surface area contributed by atoms with Crippen LogP contribution in [-0.2, 0) is 14.3 Å². The van der Waals surface area contributed by atoms with Crippen LogP contribution in [0.25, 0.3) is 0 Å². The molecule has 0 aliphatic carbocycles. The van der Waals surface area contributed by atoms with Crippen molar-refractivity contribution in [2.24, 2.45) is 0 Å². The fourth-order valence-corrected chi connectivity index (χ4v) is 2.80. The summed E-state index contributed by atoms with van der Waals surface area (Å²) in [7, 11) is 1.45. The second-order valence-corrected chi connectivity index (χ2v) is 6.61. The first-order valence-corrected chi connectivity index (χ1v) is 9.79. The second kappa shape index (κ2) is 17.5. The molecule has 0 N–H and O–H groups in total. The molecule has 0 aromatic rings. The fraction of sp³-hybridized carbons (Fsp3) is 0.900. The quantitative estimate of drug-likeness (QED) is 0.243. The van der Waals surface area contributed by atoms with Gasteiger partial charge >= 0.3 is 5.97 Å². The van der Waals surface area contributed by atoms with Crippen molar-refractivity contribution in [1.29, 1.82) is 0 Å². The Hall–Kier alpha value is -0.860. The van der Waals surface area contributed by atoms with Crippen LogP contribution < -0.4 is 0 Å². The largest absolute Gasteiger partial charge is 0.469 e. The Balaban J connectivity index is 3.13. The Morgan fingerprint density at radius 3 is 1.43 bits per heavy atom. The van der Waals surface area contributed by atoms with E-state index in [4.69, 9.17) is 0 Å². The molecule has 0 aliphatic rings. The Morgan fingerprint density at radius 2 is 1.00 bits per heavy atom. The molecule has 136 valence electrons. The van der Waals surface area contributed by atoms with Gasteiger partial charge in [-0.25, -0.2) is 0 Å². The average Bonchev–Trinajstić information content (AvgIpc) is 2.55. The second-order valence-electron chi connectivity index (χ2n) is 6.61. The van der Waals surface area contributed by atoms with Gasteiger partial charge in [-0.1, -0.05) is 71.1 Å². The number of Topliss-reactive ketones (excluding diaryl/α,β-unsaturated/α-hetero) is 1. The van der Waals surface area contributed by atoms with Crippen LogP contribution >= 0.6 is 0 Å². The SMILES string of the molecule is CCCCCC(=O)CCCCCCCCCCCCC(=O)OC. The smallest absolute Gasteiger partial charge is 0.305 e. The first-order chi connectivity index (χ1) is 11.2. The van der Waals surface area contributed by atoms with Crippen molar-refractivity contribution in [3.8, 4) is 0 Å². The van der Waals surface area contributed by atoms with Crippen LogP contribution in [0, 0.1) is 0 Å². The van der Waals surface area contributed by atoms with Gasteiger partial charge in [0, 0.05) is 19.3 Å². The van der Waals surface area contributed by atoms with Crippen LogP contribution in [-0.4, -0.2) is 18.9 Å². The molecular weight excluding hydrogens is 288 g/mol. The monoisotopic (exact) mass is 326 g/mol. The minimum absolute atomic E-state index is 0.0890. The van der Waals surface area contributed by atoms with E-state index in [0.29, 0.717) is 12.2 Å². The van der Waals surface area contributed by atoms with Crippen molar-refractivity contribution in [1.82, 2.24) is 0 Å². The Labute approximate surface area is 143 Å². The number of methoxy groups -OCH3 is 1. The van der Waals surface area contributed by atoms with Gasteiger partial charge in [0.15, 0.2) is 0 Å². The van der Waals surface area contributed by atoms with E-state index in [-0.39, 0.29) is 5.97 Å². The van der Waals surface area contributed by atoms with Crippen LogP contribution in [0.4, 0.5) is 0 Å². The van der Waals surface area contributed by atoms with Crippen molar-refractivity contribution >= 4 is 11.8 Å². The minimum atomic E-state index is -0.0890. The van der Waals surface area contributed by atoms with Gasteiger partial charge in [-0.05, 0) is 19.3 Å². The molecular formula is C20H38O3. The summed E-state index contributed by atoms with van der Waals surface area (Å²) in [5.74, 6) is 0.374. The van der Waals surface area contributed by atoms with Crippen molar-refractivity contribution < 1.29 is 14.3 Å². The summed E-state index contributed by atoms with van der Waals surface area (Å²) in [6.45, 7) is 2.17. The van der Waals surface area contributed by atoms with Crippen molar-refractivity contribution in [3.05, 3.63) is 0 Å². The summed E-state index contributed by atoms with van der Waals surface area (Å²) < 4.78 is 4.62. The predicted molar refractivity (Wildman–Crippen MR) is 96.6 cm³/mol. The Bertz CT molecular complexity index is 287. The van der Waals surface area contributed by atoms with Gasteiger partial charge in [-0.2, -0.15) is 0 Å². The number of unbranched alkanes of at least 4 members (excludes halogenated alkanes) is 11. The summed E-state index contributed by atoms with van der Waals surface area (Å²) in [6.07, 6.45) is 17.7. The molecule has 0 saturated carbocycles. The molecule has 0 aliphatic heterocycles. The lowest BCUT2D eigenvalue weighted by Gasteiger charge is -2.03. The van der Waals surface area contributed by atoms with E-state index in [1.165, 1.54) is 64.9 Å². The first-order valence-electron chi connectivity index (χ1n) is 9.79. The van der Waals surface area contributed by atoms with E-state index < -0.39 is 0 Å². The third-order valence-electron chi connectivity index (χ3n) is 4.37. The molecule has 0 aromatic heterocycles. The van der Waals surface area contributed by atoms with Gasteiger partial charge in [0.05, 0.1) is 7.11 Å². The molecule has 3 nitrogen and oxygen atoms in total. The predicted octanol–water partition coefficient (Wildman–Crippen LogP) is 5.99. The van der Waals surface area contributed by atoms with Crippen molar-refractivity contribution in [2.45, 2.75) is 110 Å². The fourth-order valence-electron chi connectivity index (χ4n) is 2.80. The van der Waals surface area contributed by atoms with E-state index in [2.05, 4.69) is 11.7 Å². The highest BCUT2D eigenvalue weighted by Crippen LogP contribution is 2.13. The van der Waals surface area contributed by atoms with E-state index in [1.54, 1.807) is 0 Å². The maximum absolute atomic E-state index is 11.6. The van der Waals surface area contributed by atoms with Crippen LogP contribution in [0.15, 0.2) is 0 Å². The summed E-state index contributed by atoms with van der Waals surface area (Å²) >= 11 is 0. The molecule has 0 aromatic carbocycles. The maximum Gasteiger partial charge on any atom is 0.305 e. The van der Waals surface area contributed by atoms with Crippen LogP contribution in [0.5, 0.6) is 0 Å². The normalized spacial score (nSPS) is 10.7. The molecule has 0 unspecified atom stereocenters. The van der Waals surface area contributed by atoms with Gasteiger partial charge in [0.1, 0.15) is 5.78 Å². The molecule has 0 saturated heterocycles. The summed E-state index contributed by atoms with van der Waals surface area (Å²) in [6, 6.07) is 0. The number of carbonyl (C=O) groups is 2. The number of esters is 1. The average molecular weight is 327 g/mol. The maximum atomic E-state index is 11.6. The zero-order valence-corrected chi connectivity index (χ0v) is 15.5. The highest BCUT2D eigenvalue weighted by atomic mass is 16.5. The van der Waals surface area contributed by atoms with E-state index >= 15 is 0 Å². The molecule has 23 heavy (non-hydrogen) atoms. The molecule has 3 heteroatoms. The first kappa shape index (κ1) is 22.1. The topological polar surface area (TPSA) is 43.4 Å². The Kier molecular flexibility index (Phi) is 16.8. The van der Waals surface area contributed by atoms with E-state index in [9.17, 15) is 9.59 Å². The summed E-state index contributed by atoms with van der Waals surface area (Å²) in [4.78, 5) is 22.5. The molecule has 0 fully saturated rings. The third-order valence-corrected chi connectivity index (χ3v) is 4.37. The van der Waals surface area contributed by atoms with E-state index in [0.717, 1.165) is 38.5 Å². The Morgan fingerprint density at radius 1 is 0.609 bits per heavy atom. The number of carbonyl (C=O) groups excluding carboxylic acids is 2.